The summed E-state index contributed by atoms with van der Waals surface area (Å²) in [5, 5.41) is 2.74. The third-order valence-corrected chi connectivity index (χ3v) is 5.68. The van der Waals surface area contributed by atoms with Gasteiger partial charge in [0.15, 0.2) is 5.43 Å². The van der Waals surface area contributed by atoms with Gasteiger partial charge in [-0.15, -0.1) is 0 Å². The molecule has 1 aromatic rings. The van der Waals surface area contributed by atoms with Crippen LogP contribution in [0.5, 0.6) is 0 Å². The van der Waals surface area contributed by atoms with E-state index in [0.717, 1.165) is 4.31 Å². The monoisotopic (exact) mass is 343 g/mol. The zero-order valence-electron chi connectivity index (χ0n) is 13.3. The van der Waals surface area contributed by atoms with E-state index in [4.69, 9.17) is 4.74 Å². The van der Waals surface area contributed by atoms with Crippen LogP contribution in [0.25, 0.3) is 0 Å². The van der Waals surface area contributed by atoms with E-state index < -0.39 is 22.0 Å². The number of H-pyrrole nitrogens is 1. The molecule has 128 valence electrons. The predicted molar refractivity (Wildman–Crippen MR) is 84.8 cm³/mol. The number of hydrogen-bond acceptors (Lipinski definition) is 5. The molecule has 1 aliphatic heterocycles. The molecule has 2 heterocycles. The van der Waals surface area contributed by atoms with Gasteiger partial charge in [0.25, 0.3) is 5.91 Å². The van der Waals surface area contributed by atoms with E-state index in [2.05, 4.69) is 10.3 Å². The molecule has 0 saturated carbocycles. The Bertz CT molecular complexity index is 741. The quantitative estimate of drug-likeness (QED) is 0.736. The van der Waals surface area contributed by atoms with Gasteiger partial charge in [-0.2, -0.15) is 0 Å². The summed E-state index contributed by atoms with van der Waals surface area (Å²) < 4.78 is 30.4. The SMILES string of the molecule is Cc1cc(=O)cc(C(=O)N[C@@H]2COC[C@H]2CS(=O)(=O)N(C)C)[nH]1. The van der Waals surface area contributed by atoms with E-state index >= 15 is 0 Å². The molecule has 1 saturated heterocycles. The minimum atomic E-state index is -3.38. The first-order valence-corrected chi connectivity index (χ1v) is 8.80. The standard InChI is InChI=1S/C14H21N3O5S/c1-9-4-11(18)5-12(15-9)14(19)16-13-7-22-6-10(13)8-23(20,21)17(2)3/h4-5,10,13H,6-8H2,1-3H3,(H,15,18)(H,16,19)/t10-,13+/m0/s1. The fourth-order valence-electron chi connectivity index (χ4n) is 2.39. The molecule has 1 amide bonds. The number of carbonyl (C=O) groups excluding carboxylic acids is 1. The summed E-state index contributed by atoms with van der Waals surface area (Å²) in [5.74, 6) is -0.883. The van der Waals surface area contributed by atoms with Crippen molar-refractivity contribution in [1.82, 2.24) is 14.6 Å². The molecule has 0 aromatic carbocycles. The molecule has 1 aliphatic rings. The number of nitrogens with zero attached hydrogens (tertiary/aromatic N) is 1. The molecule has 2 N–H and O–H groups in total. The van der Waals surface area contributed by atoms with Crippen LogP contribution >= 0.6 is 0 Å². The molecule has 23 heavy (non-hydrogen) atoms. The van der Waals surface area contributed by atoms with Crippen molar-refractivity contribution in [3.63, 3.8) is 0 Å². The van der Waals surface area contributed by atoms with Gasteiger partial charge in [-0.3, -0.25) is 9.59 Å². The second-order valence-electron chi connectivity index (χ2n) is 5.85. The van der Waals surface area contributed by atoms with Gasteiger partial charge in [0.1, 0.15) is 5.69 Å². The molecule has 0 aliphatic carbocycles. The highest BCUT2D eigenvalue weighted by molar-refractivity contribution is 7.89. The molecule has 0 radical (unpaired) electrons. The van der Waals surface area contributed by atoms with Crippen LogP contribution in [0.1, 0.15) is 16.2 Å². The van der Waals surface area contributed by atoms with Gasteiger partial charge in [0.2, 0.25) is 10.0 Å². The van der Waals surface area contributed by atoms with Gasteiger partial charge in [-0.05, 0) is 6.92 Å². The molecule has 0 bridgehead atoms. The predicted octanol–water partition coefficient (Wildman–Crippen LogP) is -0.680. The van der Waals surface area contributed by atoms with Gasteiger partial charge >= 0.3 is 0 Å². The molecular weight excluding hydrogens is 322 g/mol. The molecule has 0 unspecified atom stereocenters. The van der Waals surface area contributed by atoms with Crippen LogP contribution in [0.2, 0.25) is 0 Å². The van der Waals surface area contributed by atoms with Crippen LogP contribution in [-0.2, 0) is 14.8 Å². The van der Waals surface area contributed by atoms with Crippen molar-refractivity contribution >= 4 is 15.9 Å². The number of nitrogens with one attached hydrogen (secondary N) is 2. The molecule has 0 spiro atoms. The number of amides is 1. The Balaban J connectivity index is 2.09. The molecule has 1 fully saturated rings. The van der Waals surface area contributed by atoms with E-state index in [-0.39, 0.29) is 36.0 Å². The summed E-state index contributed by atoms with van der Waals surface area (Å²) in [6.07, 6.45) is 0. The average molecular weight is 343 g/mol. The summed E-state index contributed by atoms with van der Waals surface area (Å²) in [6.45, 7) is 2.20. The number of rotatable bonds is 5. The van der Waals surface area contributed by atoms with Crippen molar-refractivity contribution < 1.29 is 17.9 Å². The number of aromatic nitrogens is 1. The lowest BCUT2D eigenvalue weighted by Gasteiger charge is -2.21. The maximum atomic E-state index is 12.3. The first kappa shape index (κ1) is 17.6. The Labute approximate surface area is 134 Å². The van der Waals surface area contributed by atoms with Crippen molar-refractivity contribution in [3.05, 3.63) is 33.7 Å². The van der Waals surface area contributed by atoms with Crippen molar-refractivity contribution in [3.8, 4) is 0 Å². The van der Waals surface area contributed by atoms with E-state index in [1.165, 1.54) is 26.2 Å². The van der Waals surface area contributed by atoms with Gasteiger partial charge in [-0.25, -0.2) is 12.7 Å². The van der Waals surface area contributed by atoms with E-state index in [9.17, 15) is 18.0 Å². The van der Waals surface area contributed by atoms with E-state index in [1.54, 1.807) is 6.92 Å². The number of sulfonamides is 1. The average Bonchev–Trinajstić information content (AvgIpc) is 2.84. The van der Waals surface area contributed by atoms with Crippen LogP contribution in [0.3, 0.4) is 0 Å². The van der Waals surface area contributed by atoms with Crippen LogP contribution in [-0.4, -0.2) is 62.7 Å². The largest absolute Gasteiger partial charge is 0.379 e. The summed E-state index contributed by atoms with van der Waals surface area (Å²) in [7, 11) is -0.447. The summed E-state index contributed by atoms with van der Waals surface area (Å²) in [5.41, 5.74) is 0.467. The van der Waals surface area contributed by atoms with Crippen molar-refractivity contribution in [1.29, 1.82) is 0 Å². The first-order valence-electron chi connectivity index (χ1n) is 7.19. The minimum Gasteiger partial charge on any atom is -0.379 e. The number of pyridine rings is 1. The van der Waals surface area contributed by atoms with Gasteiger partial charge in [0.05, 0.1) is 25.0 Å². The third-order valence-electron chi connectivity index (χ3n) is 3.72. The smallest absolute Gasteiger partial charge is 0.268 e. The van der Waals surface area contributed by atoms with Crippen molar-refractivity contribution in [2.45, 2.75) is 13.0 Å². The Hall–Kier alpha value is -1.71. The van der Waals surface area contributed by atoms with Gasteiger partial charge < -0.3 is 15.0 Å². The maximum Gasteiger partial charge on any atom is 0.268 e. The number of ether oxygens (including phenoxy) is 1. The topological polar surface area (TPSA) is 109 Å². The molecule has 2 atom stereocenters. The zero-order chi connectivity index (χ0) is 17.2. The summed E-state index contributed by atoms with van der Waals surface area (Å²) in [6, 6.07) is 2.19. The Kier molecular flexibility index (Phi) is 5.23. The van der Waals surface area contributed by atoms with Crippen LogP contribution < -0.4 is 10.7 Å². The number of hydrogen-bond donors (Lipinski definition) is 2. The Morgan fingerprint density at radius 3 is 2.70 bits per heavy atom. The minimum absolute atomic E-state index is 0.102. The summed E-state index contributed by atoms with van der Waals surface area (Å²) in [4.78, 5) is 26.5. The fourth-order valence-corrected chi connectivity index (χ4v) is 3.56. The highest BCUT2D eigenvalue weighted by Crippen LogP contribution is 2.17. The molecule has 9 heteroatoms. The lowest BCUT2D eigenvalue weighted by molar-refractivity contribution is 0.0920. The molecule has 8 nitrogen and oxygen atoms in total. The lowest BCUT2D eigenvalue weighted by Crippen LogP contribution is -2.44. The van der Waals surface area contributed by atoms with Crippen molar-refractivity contribution in [2.75, 3.05) is 33.1 Å². The first-order chi connectivity index (χ1) is 10.7. The van der Waals surface area contributed by atoms with E-state index in [0.29, 0.717) is 5.69 Å². The second kappa shape index (κ2) is 6.81. The zero-order valence-corrected chi connectivity index (χ0v) is 14.1. The normalized spacial score (nSPS) is 21.6. The van der Waals surface area contributed by atoms with Crippen LogP contribution in [0.4, 0.5) is 0 Å². The number of carbonyl (C=O) groups is 1. The summed E-state index contributed by atoms with van der Waals surface area (Å²) >= 11 is 0. The third kappa shape index (κ3) is 4.40. The van der Waals surface area contributed by atoms with Crippen LogP contribution in [0.15, 0.2) is 16.9 Å². The highest BCUT2D eigenvalue weighted by Gasteiger charge is 2.34. The van der Waals surface area contributed by atoms with Crippen molar-refractivity contribution in [2.24, 2.45) is 5.92 Å². The maximum absolute atomic E-state index is 12.3. The molecule has 1 aromatic heterocycles. The lowest BCUT2D eigenvalue weighted by atomic mass is 10.1. The second-order valence-corrected chi connectivity index (χ2v) is 8.08. The Morgan fingerprint density at radius 2 is 2.09 bits per heavy atom. The fraction of sp³-hybridized carbons (Fsp3) is 0.571. The molecule has 2 rings (SSSR count). The Morgan fingerprint density at radius 1 is 1.39 bits per heavy atom. The van der Waals surface area contributed by atoms with Gasteiger partial charge in [-0.1, -0.05) is 0 Å². The van der Waals surface area contributed by atoms with Crippen LogP contribution in [0, 0.1) is 12.8 Å². The van der Waals surface area contributed by atoms with Gasteiger partial charge in [0, 0.05) is 37.8 Å². The number of aromatic amines is 1. The number of aryl methyl sites for hydroxylation is 1. The molecular formula is C14H21N3O5S. The van der Waals surface area contributed by atoms with E-state index in [1.807, 2.05) is 0 Å². The highest BCUT2D eigenvalue weighted by atomic mass is 32.2.